The van der Waals surface area contributed by atoms with Gasteiger partial charge in [-0.05, 0) is 45.2 Å². The third-order valence-electron chi connectivity index (χ3n) is 4.49. The summed E-state index contributed by atoms with van der Waals surface area (Å²) >= 11 is 0. The predicted molar refractivity (Wildman–Crippen MR) is 95.7 cm³/mol. The van der Waals surface area contributed by atoms with E-state index in [0.29, 0.717) is 0 Å². The lowest BCUT2D eigenvalue weighted by Gasteiger charge is -2.33. The minimum atomic E-state index is 0.753. The highest BCUT2D eigenvalue weighted by atomic mass is 15.3. The molecule has 23 heavy (non-hydrogen) atoms. The van der Waals surface area contributed by atoms with E-state index < -0.39 is 0 Å². The van der Waals surface area contributed by atoms with Crippen molar-refractivity contribution in [3.05, 3.63) is 18.5 Å². The average Bonchev–Trinajstić information content (AvgIpc) is 3.08. The van der Waals surface area contributed by atoms with Gasteiger partial charge in [-0.1, -0.05) is 6.42 Å². The molecular formula is C17H32N6. The first-order chi connectivity index (χ1) is 11.3. The monoisotopic (exact) mass is 320 g/mol. The Bertz CT molecular complexity index is 442. The van der Waals surface area contributed by atoms with E-state index in [2.05, 4.69) is 32.5 Å². The number of guanidine groups is 1. The van der Waals surface area contributed by atoms with Crippen molar-refractivity contribution in [2.45, 2.75) is 51.6 Å². The lowest BCUT2D eigenvalue weighted by atomic mass is 10.0. The fraction of sp³-hybridized carbons (Fsp3) is 0.765. The van der Waals surface area contributed by atoms with Crippen molar-refractivity contribution in [2.75, 3.05) is 33.2 Å². The maximum Gasteiger partial charge on any atom is 0.190 e. The summed E-state index contributed by atoms with van der Waals surface area (Å²) in [6.07, 6.45) is 10.1. The molecular weight excluding hydrogens is 288 g/mol. The second-order valence-electron chi connectivity index (χ2n) is 6.28. The van der Waals surface area contributed by atoms with E-state index in [0.717, 1.165) is 38.1 Å². The van der Waals surface area contributed by atoms with Gasteiger partial charge in [0, 0.05) is 51.7 Å². The normalized spacial score (nSPS) is 19.7. The highest BCUT2D eigenvalue weighted by Crippen LogP contribution is 2.15. The highest BCUT2D eigenvalue weighted by Gasteiger charge is 2.16. The predicted octanol–water partition coefficient (Wildman–Crippen LogP) is 1.70. The Hall–Kier alpha value is -1.56. The topological polar surface area (TPSA) is 57.5 Å². The summed E-state index contributed by atoms with van der Waals surface area (Å²) in [4.78, 5) is 6.90. The summed E-state index contributed by atoms with van der Waals surface area (Å²) in [7, 11) is 1.83. The van der Waals surface area contributed by atoms with Crippen LogP contribution in [0.1, 0.15) is 39.0 Å². The largest absolute Gasteiger partial charge is 0.356 e. The van der Waals surface area contributed by atoms with Crippen molar-refractivity contribution in [3.63, 3.8) is 0 Å². The third-order valence-corrected chi connectivity index (χ3v) is 4.49. The van der Waals surface area contributed by atoms with E-state index in [1.807, 2.05) is 30.2 Å². The highest BCUT2D eigenvalue weighted by molar-refractivity contribution is 5.79. The summed E-state index contributed by atoms with van der Waals surface area (Å²) < 4.78 is 1.96. The first-order valence-corrected chi connectivity index (χ1v) is 8.95. The van der Waals surface area contributed by atoms with Crippen molar-refractivity contribution in [1.82, 2.24) is 25.3 Å². The number of aliphatic imine (C=N–C) groups is 1. The van der Waals surface area contributed by atoms with Gasteiger partial charge in [-0.25, -0.2) is 0 Å². The first-order valence-electron chi connectivity index (χ1n) is 8.95. The molecule has 2 N–H and O–H groups in total. The van der Waals surface area contributed by atoms with E-state index in [1.54, 1.807) is 0 Å². The Balaban J connectivity index is 1.52. The number of aromatic nitrogens is 2. The van der Waals surface area contributed by atoms with Gasteiger partial charge < -0.3 is 15.5 Å². The molecule has 2 rings (SSSR count). The molecule has 0 aliphatic carbocycles. The molecule has 1 fully saturated rings. The molecule has 2 heterocycles. The minimum absolute atomic E-state index is 0.753. The first kappa shape index (κ1) is 17.8. The number of nitrogens with one attached hydrogen (secondary N) is 2. The van der Waals surface area contributed by atoms with Crippen molar-refractivity contribution >= 4 is 5.96 Å². The van der Waals surface area contributed by atoms with Crippen LogP contribution in [0.3, 0.4) is 0 Å². The molecule has 0 aromatic carbocycles. The zero-order chi connectivity index (χ0) is 16.3. The third kappa shape index (κ3) is 6.60. The molecule has 1 aromatic rings. The van der Waals surface area contributed by atoms with Crippen LogP contribution in [0.5, 0.6) is 0 Å². The average molecular weight is 320 g/mol. The molecule has 1 saturated heterocycles. The van der Waals surface area contributed by atoms with Gasteiger partial charge in [0.2, 0.25) is 0 Å². The number of nitrogens with zero attached hydrogens (tertiary/aromatic N) is 4. The number of rotatable bonds is 8. The van der Waals surface area contributed by atoms with Gasteiger partial charge in [0.15, 0.2) is 5.96 Å². The molecule has 6 heteroatoms. The second-order valence-corrected chi connectivity index (χ2v) is 6.28. The van der Waals surface area contributed by atoms with E-state index in [4.69, 9.17) is 0 Å². The Morgan fingerprint density at radius 1 is 1.22 bits per heavy atom. The quantitative estimate of drug-likeness (QED) is 0.435. The Morgan fingerprint density at radius 3 is 2.65 bits per heavy atom. The number of likely N-dealkylation sites (tertiary alicyclic amines) is 1. The standard InChI is InChI=1S/C17H32N6/c1-16-8-3-4-12-22(16)13-5-9-19-17(18-2)20-10-6-14-23-15-7-11-21-23/h7,11,15-16H,3-6,8-10,12-14H2,1-2H3,(H2,18,19,20). The van der Waals surface area contributed by atoms with Gasteiger partial charge in [-0.3, -0.25) is 9.67 Å². The van der Waals surface area contributed by atoms with Crippen LogP contribution in [0, 0.1) is 0 Å². The van der Waals surface area contributed by atoms with Crippen LogP contribution in [0.25, 0.3) is 0 Å². The van der Waals surface area contributed by atoms with Crippen LogP contribution in [-0.2, 0) is 6.54 Å². The molecule has 1 aromatic heterocycles. The smallest absolute Gasteiger partial charge is 0.190 e. The van der Waals surface area contributed by atoms with E-state index >= 15 is 0 Å². The molecule has 1 aliphatic rings. The summed E-state index contributed by atoms with van der Waals surface area (Å²) in [6.45, 7) is 7.62. The number of piperidine rings is 1. The molecule has 0 bridgehead atoms. The number of hydrogen-bond acceptors (Lipinski definition) is 3. The van der Waals surface area contributed by atoms with Crippen LogP contribution in [0.4, 0.5) is 0 Å². The summed E-state index contributed by atoms with van der Waals surface area (Å²) in [5.74, 6) is 0.900. The van der Waals surface area contributed by atoms with Gasteiger partial charge in [-0.15, -0.1) is 0 Å². The summed E-state index contributed by atoms with van der Waals surface area (Å²) in [5, 5.41) is 11.0. The zero-order valence-corrected chi connectivity index (χ0v) is 14.7. The second kappa shape index (κ2) is 10.3. The van der Waals surface area contributed by atoms with E-state index in [1.165, 1.54) is 38.8 Å². The fourth-order valence-corrected chi connectivity index (χ4v) is 3.08. The van der Waals surface area contributed by atoms with Crippen LogP contribution >= 0.6 is 0 Å². The Kier molecular flexibility index (Phi) is 7.93. The molecule has 130 valence electrons. The molecule has 0 radical (unpaired) electrons. The van der Waals surface area contributed by atoms with Crippen LogP contribution in [0.15, 0.2) is 23.5 Å². The lowest BCUT2D eigenvalue weighted by Crippen LogP contribution is -2.41. The van der Waals surface area contributed by atoms with Gasteiger partial charge >= 0.3 is 0 Å². The number of aryl methyl sites for hydroxylation is 1. The van der Waals surface area contributed by atoms with Crippen molar-refractivity contribution < 1.29 is 0 Å². The van der Waals surface area contributed by atoms with Crippen molar-refractivity contribution in [1.29, 1.82) is 0 Å². The molecule has 6 nitrogen and oxygen atoms in total. The Morgan fingerprint density at radius 2 is 2.00 bits per heavy atom. The van der Waals surface area contributed by atoms with E-state index in [-0.39, 0.29) is 0 Å². The van der Waals surface area contributed by atoms with Gasteiger partial charge in [-0.2, -0.15) is 5.10 Å². The van der Waals surface area contributed by atoms with Crippen molar-refractivity contribution in [3.8, 4) is 0 Å². The number of hydrogen-bond donors (Lipinski definition) is 2. The molecule has 0 spiro atoms. The van der Waals surface area contributed by atoms with Crippen LogP contribution < -0.4 is 10.6 Å². The zero-order valence-electron chi connectivity index (χ0n) is 14.7. The maximum absolute atomic E-state index is 4.28. The summed E-state index contributed by atoms with van der Waals surface area (Å²) in [6, 6.07) is 2.71. The van der Waals surface area contributed by atoms with Crippen LogP contribution in [-0.4, -0.2) is 59.9 Å². The van der Waals surface area contributed by atoms with Gasteiger partial charge in [0.05, 0.1) is 0 Å². The molecule has 0 amide bonds. The van der Waals surface area contributed by atoms with Crippen LogP contribution in [0.2, 0.25) is 0 Å². The maximum atomic E-state index is 4.28. The molecule has 1 atom stereocenters. The fourth-order valence-electron chi connectivity index (χ4n) is 3.08. The lowest BCUT2D eigenvalue weighted by molar-refractivity contribution is 0.159. The molecule has 1 aliphatic heterocycles. The van der Waals surface area contributed by atoms with E-state index in [9.17, 15) is 0 Å². The van der Waals surface area contributed by atoms with Gasteiger partial charge in [0.25, 0.3) is 0 Å². The summed E-state index contributed by atoms with van der Waals surface area (Å²) in [5.41, 5.74) is 0. The minimum Gasteiger partial charge on any atom is -0.356 e. The van der Waals surface area contributed by atoms with Gasteiger partial charge in [0.1, 0.15) is 0 Å². The van der Waals surface area contributed by atoms with Crippen molar-refractivity contribution in [2.24, 2.45) is 4.99 Å². The molecule has 0 saturated carbocycles. The Labute approximate surface area is 140 Å². The SMILES string of the molecule is CN=C(NCCCN1CCCCC1C)NCCCn1cccn1. The molecule has 1 unspecified atom stereocenters.